The fourth-order valence-corrected chi connectivity index (χ4v) is 3.77. The average molecular weight is 313 g/mol. The number of likely N-dealkylation sites (tertiary alicyclic amines) is 1. The van der Waals surface area contributed by atoms with Crippen LogP contribution in [0.25, 0.3) is 5.65 Å². The molecule has 2 fully saturated rings. The number of carbonyl (C=O) groups is 1. The minimum atomic E-state index is 0.0672. The zero-order chi connectivity index (χ0) is 15.7. The molecule has 0 saturated carbocycles. The summed E-state index contributed by atoms with van der Waals surface area (Å²) in [5, 5.41) is 6.46. The lowest BCUT2D eigenvalue weighted by Crippen LogP contribution is -2.41. The van der Waals surface area contributed by atoms with E-state index in [2.05, 4.69) is 15.6 Å². The van der Waals surface area contributed by atoms with Gasteiger partial charge in [0.2, 0.25) is 0 Å². The SMILES string of the molecule is O=C(NCCc1cn2ccccc2n1)N1CCC2(CCNC2)C1. The molecular formula is C17H23N5O. The predicted octanol–water partition coefficient (Wildman–Crippen LogP) is 1.27. The van der Waals surface area contributed by atoms with Crippen molar-refractivity contribution >= 4 is 11.7 Å². The van der Waals surface area contributed by atoms with Crippen molar-refractivity contribution in [2.24, 2.45) is 5.41 Å². The quantitative estimate of drug-likeness (QED) is 0.897. The molecule has 4 heterocycles. The molecule has 2 aliphatic rings. The highest BCUT2D eigenvalue weighted by Crippen LogP contribution is 2.35. The Balaban J connectivity index is 1.28. The van der Waals surface area contributed by atoms with Crippen LogP contribution in [0.1, 0.15) is 18.5 Å². The Morgan fingerprint density at radius 2 is 2.35 bits per heavy atom. The van der Waals surface area contributed by atoms with Crippen molar-refractivity contribution in [2.45, 2.75) is 19.3 Å². The second-order valence-corrected chi connectivity index (χ2v) is 6.78. The van der Waals surface area contributed by atoms with E-state index < -0.39 is 0 Å². The molecule has 2 amide bonds. The summed E-state index contributed by atoms with van der Waals surface area (Å²) in [4.78, 5) is 18.8. The zero-order valence-corrected chi connectivity index (χ0v) is 13.3. The molecule has 1 atom stereocenters. The maximum absolute atomic E-state index is 12.3. The van der Waals surface area contributed by atoms with Crippen molar-refractivity contribution in [3.8, 4) is 0 Å². The van der Waals surface area contributed by atoms with Gasteiger partial charge in [0.05, 0.1) is 5.69 Å². The van der Waals surface area contributed by atoms with Crippen LogP contribution in [0.15, 0.2) is 30.6 Å². The molecular weight excluding hydrogens is 290 g/mol. The largest absolute Gasteiger partial charge is 0.338 e. The molecule has 122 valence electrons. The molecule has 0 aromatic carbocycles. The lowest BCUT2D eigenvalue weighted by molar-refractivity contribution is 0.202. The van der Waals surface area contributed by atoms with E-state index in [-0.39, 0.29) is 6.03 Å². The van der Waals surface area contributed by atoms with Crippen molar-refractivity contribution in [3.63, 3.8) is 0 Å². The standard InChI is InChI=1S/C17H23N5O/c23-16(22-10-6-17(13-22)5-8-18-12-17)19-7-4-14-11-21-9-2-1-3-15(21)20-14/h1-3,9,11,18H,4-8,10,12-13H2,(H,19,23). The fourth-order valence-electron chi connectivity index (χ4n) is 3.77. The van der Waals surface area contributed by atoms with Crippen molar-refractivity contribution in [1.82, 2.24) is 24.9 Å². The van der Waals surface area contributed by atoms with Crippen LogP contribution in [0.3, 0.4) is 0 Å². The maximum Gasteiger partial charge on any atom is 0.317 e. The first-order chi connectivity index (χ1) is 11.2. The third-order valence-electron chi connectivity index (χ3n) is 5.13. The van der Waals surface area contributed by atoms with Gasteiger partial charge in [0, 0.05) is 50.4 Å². The molecule has 2 aliphatic heterocycles. The number of hydrogen-bond acceptors (Lipinski definition) is 3. The van der Waals surface area contributed by atoms with E-state index >= 15 is 0 Å². The number of nitrogens with one attached hydrogen (secondary N) is 2. The summed E-state index contributed by atoms with van der Waals surface area (Å²) in [6.45, 7) is 4.54. The average Bonchev–Trinajstić information content (AvgIpc) is 3.28. The van der Waals surface area contributed by atoms with Gasteiger partial charge in [0.15, 0.2) is 0 Å². The first-order valence-corrected chi connectivity index (χ1v) is 8.40. The van der Waals surface area contributed by atoms with Gasteiger partial charge < -0.3 is 19.9 Å². The smallest absolute Gasteiger partial charge is 0.317 e. The van der Waals surface area contributed by atoms with Gasteiger partial charge in [-0.1, -0.05) is 6.07 Å². The maximum atomic E-state index is 12.3. The van der Waals surface area contributed by atoms with Gasteiger partial charge in [-0.2, -0.15) is 0 Å². The number of carbonyl (C=O) groups excluding carboxylic acids is 1. The predicted molar refractivity (Wildman–Crippen MR) is 88.4 cm³/mol. The van der Waals surface area contributed by atoms with E-state index in [4.69, 9.17) is 0 Å². The highest BCUT2D eigenvalue weighted by molar-refractivity contribution is 5.74. The number of urea groups is 1. The molecule has 2 aromatic rings. The third kappa shape index (κ3) is 2.91. The van der Waals surface area contributed by atoms with Crippen LogP contribution < -0.4 is 10.6 Å². The Hall–Kier alpha value is -2.08. The van der Waals surface area contributed by atoms with Gasteiger partial charge in [0.1, 0.15) is 5.65 Å². The first kappa shape index (κ1) is 14.5. The number of imidazole rings is 1. The van der Waals surface area contributed by atoms with Crippen LogP contribution in [-0.2, 0) is 6.42 Å². The molecule has 23 heavy (non-hydrogen) atoms. The van der Waals surface area contributed by atoms with Crippen molar-refractivity contribution in [2.75, 3.05) is 32.7 Å². The van der Waals surface area contributed by atoms with E-state index in [1.165, 1.54) is 6.42 Å². The Kier molecular flexibility index (Phi) is 3.69. The van der Waals surface area contributed by atoms with Crippen molar-refractivity contribution in [3.05, 3.63) is 36.3 Å². The summed E-state index contributed by atoms with van der Waals surface area (Å²) in [7, 11) is 0. The number of nitrogens with zero attached hydrogens (tertiary/aromatic N) is 3. The molecule has 0 radical (unpaired) electrons. The van der Waals surface area contributed by atoms with Gasteiger partial charge in [-0.05, 0) is 31.5 Å². The number of fused-ring (bicyclic) bond motifs is 1. The lowest BCUT2D eigenvalue weighted by atomic mass is 9.87. The van der Waals surface area contributed by atoms with Crippen LogP contribution in [0.4, 0.5) is 4.79 Å². The van der Waals surface area contributed by atoms with Gasteiger partial charge in [-0.15, -0.1) is 0 Å². The molecule has 6 nitrogen and oxygen atoms in total. The normalized spacial score (nSPS) is 23.9. The number of aromatic nitrogens is 2. The summed E-state index contributed by atoms with van der Waals surface area (Å²) in [5.74, 6) is 0. The topological polar surface area (TPSA) is 61.7 Å². The summed E-state index contributed by atoms with van der Waals surface area (Å²) in [6, 6.07) is 6.02. The number of pyridine rings is 1. The first-order valence-electron chi connectivity index (χ1n) is 8.40. The number of amides is 2. The third-order valence-corrected chi connectivity index (χ3v) is 5.13. The lowest BCUT2D eigenvalue weighted by Gasteiger charge is -2.22. The van der Waals surface area contributed by atoms with Crippen molar-refractivity contribution < 1.29 is 4.79 Å². The summed E-state index contributed by atoms with van der Waals surface area (Å²) >= 11 is 0. The van der Waals surface area contributed by atoms with Crippen LogP contribution >= 0.6 is 0 Å². The van der Waals surface area contributed by atoms with E-state index in [1.807, 2.05) is 39.9 Å². The molecule has 1 spiro atoms. The monoisotopic (exact) mass is 313 g/mol. The summed E-state index contributed by atoms with van der Waals surface area (Å²) in [6.07, 6.45) is 7.09. The summed E-state index contributed by atoms with van der Waals surface area (Å²) < 4.78 is 2.01. The van der Waals surface area contributed by atoms with Crippen LogP contribution in [0.5, 0.6) is 0 Å². The van der Waals surface area contributed by atoms with E-state index in [1.54, 1.807) is 0 Å². The number of rotatable bonds is 3. The highest BCUT2D eigenvalue weighted by Gasteiger charge is 2.41. The molecule has 0 bridgehead atoms. The number of hydrogen-bond donors (Lipinski definition) is 2. The van der Waals surface area contributed by atoms with E-state index in [0.717, 1.165) is 50.4 Å². The Morgan fingerprint density at radius 1 is 1.39 bits per heavy atom. The summed E-state index contributed by atoms with van der Waals surface area (Å²) in [5.41, 5.74) is 2.29. The van der Waals surface area contributed by atoms with E-state index in [0.29, 0.717) is 12.0 Å². The van der Waals surface area contributed by atoms with Gasteiger partial charge in [-0.25, -0.2) is 9.78 Å². The second kappa shape index (κ2) is 5.85. The van der Waals surface area contributed by atoms with Crippen LogP contribution in [0.2, 0.25) is 0 Å². The second-order valence-electron chi connectivity index (χ2n) is 6.78. The molecule has 4 rings (SSSR count). The fraction of sp³-hybridized carbons (Fsp3) is 0.529. The van der Waals surface area contributed by atoms with Gasteiger partial charge in [0.25, 0.3) is 0 Å². The molecule has 2 N–H and O–H groups in total. The Morgan fingerprint density at radius 3 is 3.17 bits per heavy atom. The molecule has 0 aliphatic carbocycles. The molecule has 6 heteroatoms. The van der Waals surface area contributed by atoms with E-state index in [9.17, 15) is 4.79 Å². The van der Waals surface area contributed by atoms with Gasteiger partial charge in [-0.3, -0.25) is 0 Å². The van der Waals surface area contributed by atoms with Crippen LogP contribution in [0, 0.1) is 5.41 Å². The molecule has 2 aromatic heterocycles. The minimum absolute atomic E-state index is 0.0672. The van der Waals surface area contributed by atoms with Gasteiger partial charge >= 0.3 is 6.03 Å². The zero-order valence-electron chi connectivity index (χ0n) is 13.3. The Bertz CT molecular complexity index is 671. The van der Waals surface area contributed by atoms with Crippen molar-refractivity contribution in [1.29, 1.82) is 0 Å². The molecule has 1 unspecified atom stereocenters. The van der Waals surface area contributed by atoms with Crippen LogP contribution in [-0.4, -0.2) is 53.0 Å². The minimum Gasteiger partial charge on any atom is -0.338 e. The Labute approximate surface area is 135 Å². The molecule has 2 saturated heterocycles. The highest BCUT2D eigenvalue weighted by atomic mass is 16.2.